The molecule has 0 spiro atoms. The van der Waals surface area contributed by atoms with Crippen molar-refractivity contribution in [3.8, 4) is 0 Å². The third-order valence-electron chi connectivity index (χ3n) is 3.32. The summed E-state index contributed by atoms with van der Waals surface area (Å²) in [6, 6.07) is -4.39. The van der Waals surface area contributed by atoms with Crippen molar-refractivity contribution in [3.05, 3.63) is 0 Å². The van der Waals surface area contributed by atoms with Gasteiger partial charge in [0.15, 0.2) is 0 Å². The number of carbonyl (C=O) groups is 4. The van der Waals surface area contributed by atoms with Gasteiger partial charge in [0.1, 0.15) is 18.1 Å². The molecule has 0 aliphatic carbocycles. The van der Waals surface area contributed by atoms with Gasteiger partial charge in [-0.25, -0.2) is 0 Å². The molecule has 0 aliphatic rings. The van der Waals surface area contributed by atoms with Crippen LogP contribution < -0.4 is 21.7 Å². The number of carboxylic acid groups (broad SMARTS) is 1. The first kappa shape index (κ1) is 24.5. The molecule has 4 unspecified atom stereocenters. The van der Waals surface area contributed by atoms with E-state index in [-0.39, 0.29) is 12.2 Å². The number of aliphatic carboxylic acids is 1. The second-order valence-corrected chi connectivity index (χ2v) is 6.79. The van der Waals surface area contributed by atoms with Gasteiger partial charge in [-0.05, 0) is 25.4 Å². The van der Waals surface area contributed by atoms with Crippen LogP contribution in [0.4, 0.5) is 0 Å². The van der Waals surface area contributed by atoms with Gasteiger partial charge in [-0.15, -0.1) is 0 Å². The lowest BCUT2D eigenvalue weighted by Gasteiger charge is -2.23. The molecule has 3 amide bonds. The maximum Gasteiger partial charge on any atom is 0.325 e. The van der Waals surface area contributed by atoms with E-state index in [0.29, 0.717) is 5.75 Å². The first-order chi connectivity index (χ1) is 12.2. The lowest BCUT2D eigenvalue weighted by atomic mass is 10.1. The van der Waals surface area contributed by atoms with Crippen molar-refractivity contribution in [1.82, 2.24) is 16.0 Å². The molecule has 7 N–H and O–H groups in total. The first-order valence-electron chi connectivity index (χ1n) is 7.78. The number of thioether (sulfide) groups is 1. The van der Waals surface area contributed by atoms with Gasteiger partial charge in [0.25, 0.3) is 0 Å². The highest BCUT2D eigenvalue weighted by Crippen LogP contribution is 2.03. The fourth-order valence-electron chi connectivity index (χ4n) is 1.71. The quantitative estimate of drug-likeness (QED) is 0.174. The zero-order valence-electron chi connectivity index (χ0n) is 14.6. The van der Waals surface area contributed by atoms with Gasteiger partial charge < -0.3 is 31.9 Å². The molecule has 0 saturated heterocycles. The Morgan fingerprint density at radius 1 is 1.08 bits per heavy atom. The molecule has 26 heavy (non-hydrogen) atoms. The summed E-state index contributed by atoms with van der Waals surface area (Å²) in [6.45, 7) is 0.514. The standard InChI is InChI=1S/C14H26N4O6S2/c1-7(14(23)24)16-13(22)10(5-19)18-12(21)9(3-4-26-2)17-11(20)8(15)6-25/h7-10,19,25H,3-6,15H2,1-2H3,(H,16,22)(H,17,20)(H,18,21)(H,23,24). The lowest BCUT2D eigenvalue weighted by Crippen LogP contribution is -2.58. The van der Waals surface area contributed by atoms with E-state index >= 15 is 0 Å². The first-order valence-corrected chi connectivity index (χ1v) is 9.80. The Kier molecular flexibility index (Phi) is 12.1. The average molecular weight is 411 g/mol. The number of hydrogen-bond acceptors (Lipinski definition) is 8. The molecule has 150 valence electrons. The fourth-order valence-corrected chi connectivity index (χ4v) is 2.35. The van der Waals surface area contributed by atoms with Crippen LogP contribution in [0.5, 0.6) is 0 Å². The Bertz CT molecular complexity index is 508. The predicted molar refractivity (Wildman–Crippen MR) is 101 cm³/mol. The molecule has 0 saturated carbocycles. The minimum atomic E-state index is -1.35. The summed E-state index contributed by atoms with van der Waals surface area (Å²) < 4.78 is 0. The molecule has 0 bridgehead atoms. The number of aliphatic hydroxyl groups excluding tert-OH is 1. The van der Waals surface area contributed by atoms with Gasteiger partial charge in [-0.1, -0.05) is 0 Å². The SMILES string of the molecule is CSCCC(NC(=O)C(N)CS)C(=O)NC(CO)C(=O)NC(C)C(=O)O. The van der Waals surface area contributed by atoms with E-state index in [4.69, 9.17) is 10.8 Å². The van der Waals surface area contributed by atoms with Crippen LogP contribution in [0.25, 0.3) is 0 Å². The van der Waals surface area contributed by atoms with E-state index in [2.05, 4.69) is 28.6 Å². The number of aliphatic hydroxyl groups is 1. The molecule has 12 heteroatoms. The van der Waals surface area contributed by atoms with Crippen LogP contribution in [-0.2, 0) is 19.2 Å². The minimum absolute atomic E-state index is 0.0947. The number of thiol groups is 1. The van der Waals surface area contributed by atoms with Gasteiger partial charge in [-0.2, -0.15) is 24.4 Å². The Hall–Kier alpha value is -1.50. The Balaban J connectivity index is 4.98. The largest absolute Gasteiger partial charge is 0.480 e. The summed E-state index contributed by atoms with van der Waals surface area (Å²) in [5.74, 6) is -2.70. The molecular formula is C14H26N4O6S2. The van der Waals surface area contributed by atoms with Crippen LogP contribution >= 0.6 is 24.4 Å². The summed E-state index contributed by atoms with van der Waals surface area (Å²) in [7, 11) is 0. The van der Waals surface area contributed by atoms with Crippen molar-refractivity contribution in [3.63, 3.8) is 0 Å². The third kappa shape index (κ3) is 8.74. The van der Waals surface area contributed by atoms with Crippen molar-refractivity contribution in [2.24, 2.45) is 5.73 Å². The van der Waals surface area contributed by atoms with Crippen molar-refractivity contribution in [1.29, 1.82) is 0 Å². The maximum absolute atomic E-state index is 12.4. The van der Waals surface area contributed by atoms with Crippen molar-refractivity contribution in [2.75, 3.05) is 24.4 Å². The summed E-state index contributed by atoms with van der Waals surface area (Å²) in [5.41, 5.74) is 5.57. The highest BCUT2D eigenvalue weighted by Gasteiger charge is 2.28. The molecule has 10 nitrogen and oxygen atoms in total. The van der Waals surface area contributed by atoms with E-state index in [9.17, 15) is 24.3 Å². The smallest absolute Gasteiger partial charge is 0.325 e. The normalized spacial score (nSPS) is 15.3. The number of carboxylic acids is 1. The van der Waals surface area contributed by atoms with E-state index in [0.717, 1.165) is 0 Å². The van der Waals surface area contributed by atoms with Gasteiger partial charge in [0, 0.05) is 5.75 Å². The number of carbonyl (C=O) groups excluding carboxylic acids is 3. The average Bonchev–Trinajstić information content (AvgIpc) is 2.61. The Morgan fingerprint density at radius 3 is 2.08 bits per heavy atom. The highest BCUT2D eigenvalue weighted by molar-refractivity contribution is 7.98. The number of rotatable bonds is 12. The summed E-state index contributed by atoms with van der Waals surface area (Å²) in [5, 5.41) is 25.1. The van der Waals surface area contributed by atoms with Gasteiger partial charge >= 0.3 is 5.97 Å². The molecule has 0 rings (SSSR count). The summed E-state index contributed by atoms with van der Waals surface area (Å²) in [4.78, 5) is 47.0. The zero-order valence-corrected chi connectivity index (χ0v) is 16.3. The molecule has 0 aliphatic heterocycles. The zero-order chi connectivity index (χ0) is 20.3. The highest BCUT2D eigenvalue weighted by atomic mass is 32.2. The predicted octanol–water partition coefficient (Wildman–Crippen LogP) is -2.45. The third-order valence-corrected chi connectivity index (χ3v) is 4.36. The minimum Gasteiger partial charge on any atom is -0.480 e. The van der Waals surface area contributed by atoms with Crippen molar-refractivity contribution < 1.29 is 29.4 Å². The number of nitrogens with two attached hydrogens (primary N) is 1. The van der Waals surface area contributed by atoms with Gasteiger partial charge in [-0.3, -0.25) is 19.2 Å². The van der Waals surface area contributed by atoms with E-state index < -0.39 is 54.5 Å². The molecule has 0 radical (unpaired) electrons. The van der Waals surface area contributed by atoms with Gasteiger partial charge in [0.05, 0.1) is 12.6 Å². The van der Waals surface area contributed by atoms with Crippen molar-refractivity contribution >= 4 is 48.1 Å². The van der Waals surface area contributed by atoms with Crippen LogP contribution in [0.15, 0.2) is 0 Å². The van der Waals surface area contributed by atoms with E-state index in [1.54, 1.807) is 0 Å². The summed E-state index contributed by atoms with van der Waals surface area (Å²) >= 11 is 5.38. The second-order valence-electron chi connectivity index (χ2n) is 5.44. The van der Waals surface area contributed by atoms with Gasteiger partial charge in [0.2, 0.25) is 17.7 Å². The lowest BCUT2D eigenvalue weighted by molar-refractivity contribution is -0.142. The van der Waals surface area contributed by atoms with Crippen LogP contribution in [-0.4, -0.2) is 82.4 Å². The van der Waals surface area contributed by atoms with Crippen LogP contribution in [0.2, 0.25) is 0 Å². The van der Waals surface area contributed by atoms with Crippen LogP contribution in [0, 0.1) is 0 Å². The summed E-state index contributed by atoms with van der Waals surface area (Å²) in [6.07, 6.45) is 2.11. The molecule has 0 heterocycles. The number of hydrogen-bond donors (Lipinski definition) is 7. The Morgan fingerprint density at radius 2 is 1.62 bits per heavy atom. The molecule has 0 fully saturated rings. The van der Waals surface area contributed by atoms with E-state index in [1.807, 2.05) is 6.26 Å². The molecule has 0 aromatic rings. The van der Waals surface area contributed by atoms with E-state index in [1.165, 1.54) is 18.7 Å². The Labute approximate surface area is 161 Å². The van der Waals surface area contributed by atoms with Crippen molar-refractivity contribution in [2.45, 2.75) is 37.5 Å². The molecule has 4 atom stereocenters. The molecular weight excluding hydrogens is 384 g/mol. The van der Waals surface area contributed by atoms with Crippen LogP contribution in [0.1, 0.15) is 13.3 Å². The second kappa shape index (κ2) is 12.8. The van der Waals surface area contributed by atoms with Crippen LogP contribution in [0.3, 0.4) is 0 Å². The monoisotopic (exact) mass is 410 g/mol. The maximum atomic E-state index is 12.4. The topological polar surface area (TPSA) is 171 Å². The fraction of sp³-hybridized carbons (Fsp3) is 0.714. The number of amides is 3. The molecule has 0 aromatic carbocycles. The molecule has 0 aromatic heterocycles. The number of nitrogens with one attached hydrogen (secondary N) is 3.